The molecule has 0 aromatic heterocycles. The van der Waals surface area contributed by atoms with E-state index in [4.69, 9.17) is 4.84 Å². The molecular formula is C15H11F4NO2. The molecule has 22 heavy (non-hydrogen) atoms. The van der Waals surface area contributed by atoms with E-state index < -0.39 is 12.2 Å². The fourth-order valence-electron chi connectivity index (χ4n) is 1.64. The van der Waals surface area contributed by atoms with E-state index in [1.165, 1.54) is 42.6 Å². The molecule has 116 valence electrons. The second-order valence-electron chi connectivity index (χ2n) is 4.22. The monoisotopic (exact) mass is 313 g/mol. The van der Waals surface area contributed by atoms with Crippen molar-refractivity contribution in [3.63, 3.8) is 0 Å². The van der Waals surface area contributed by atoms with Gasteiger partial charge < -0.3 is 9.57 Å². The fraction of sp³-hybridized carbons (Fsp3) is 0.133. The lowest BCUT2D eigenvalue weighted by atomic mass is 10.2. The number of hydrogen-bond donors (Lipinski definition) is 0. The van der Waals surface area contributed by atoms with Gasteiger partial charge in [-0.15, -0.1) is 13.2 Å². The quantitative estimate of drug-likeness (QED) is 0.469. The predicted octanol–water partition coefficient (Wildman–Crippen LogP) is 4.28. The summed E-state index contributed by atoms with van der Waals surface area (Å²) in [5.74, 6) is -0.774. The molecule has 0 amide bonds. The standard InChI is InChI=1S/C15H11F4NO2/c16-13-6-3-4-11(8-13)9-20-21-10-12-5-1-2-7-14(12)22-15(17,18)19/h1-9H,10H2. The van der Waals surface area contributed by atoms with Crippen molar-refractivity contribution >= 4 is 6.21 Å². The van der Waals surface area contributed by atoms with Gasteiger partial charge in [-0.3, -0.25) is 0 Å². The van der Waals surface area contributed by atoms with Crippen LogP contribution in [-0.2, 0) is 11.4 Å². The molecule has 2 aromatic carbocycles. The van der Waals surface area contributed by atoms with E-state index in [1.807, 2.05) is 0 Å². The summed E-state index contributed by atoms with van der Waals surface area (Å²) in [5.41, 5.74) is 0.663. The first-order valence-electron chi connectivity index (χ1n) is 6.18. The van der Waals surface area contributed by atoms with Crippen LogP contribution in [0.4, 0.5) is 17.6 Å². The molecule has 0 bridgehead atoms. The lowest BCUT2D eigenvalue weighted by Gasteiger charge is -2.12. The molecule has 0 atom stereocenters. The maximum atomic E-state index is 12.9. The number of alkyl halides is 3. The molecule has 0 N–H and O–H groups in total. The van der Waals surface area contributed by atoms with Gasteiger partial charge in [0.1, 0.15) is 18.2 Å². The van der Waals surface area contributed by atoms with Crippen LogP contribution in [0.25, 0.3) is 0 Å². The van der Waals surface area contributed by atoms with Crippen LogP contribution in [0.2, 0.25) is 0 Å². The molecule has 0 aliphatic carbocycles. The van der Waals surface area contributed by atoms with Crippen LogP contribution >= 0.6 is 0 Å². The maximum Gasteiger partial charge on any atom is 0.573 e. The lowest BCUT2D eigenvalue weighted by molar-refractivity contribution is -0.275. The Kier molecular flexibility index (Phi) is 4.98. The third kappa shape index (κ3) is 5.08. The van der Waals surface area contributed by atoms with E-state index in [9.17, 15) is 17.6 Å². The van der Waals surface area contributed by atoms with E-state index in [1.54, 1.807) is 12.1 Å². The minimum absolute atomic E-state index is 0.191. The Bertz CT molecular complexity index is 656. The van der Waals surface area contributed by atoms with Crippen molar-refractivity contribution < 1.29 is 27.1 Å². The highest BCUT2D eigenvalue weighted by atomic mass is 19.4. The van der Waals surface area contributed by atoms with Crippen molar-refractivity contribution in [3.05, 3.63) is 65.5 Å². The fourth-order valence-corrected chi connectivity index (χ4v) is 1.64. The Morgan fingerprint density at radius 3 is 2.55 bits per heavy atom. The van der Waals surface area contributed by atoms with Crippen LogP contribution in [0.5, 0.6) is 5.75 Å². The summed E-state index contributed by atoms with van der Waals surface area (Å²) in [6.45, 7) is -0.210. The third-order valence-electron chi connectivity index (χ3n) is 2.54. The first-order valence-corrected chi connectivity index (χ1v) is 6.18. The van der Waals surface area contributed by atoms with Gasteiger partial charge in [0.05, 0.1) is 6.21 Å². The number of oxime groups is 1. The molecule has 0 spiro atoms. The molecule has 2 rings (SSSR count). The van der Waals surface area contributed by atoms with Gasteiger partial charge >= 0.3 is 6.36 Å². The second kappa shape index (κ2) is 6.93. The van der Waals surface area contributed by atoms with Crippen LogP contribution in [0.1, 0.15) is 11.1 Å². The first kappa shape index (κ1) is 15.8. The predicted molar refractivity (Wildman–Crippen MR) is 71.9 cm³/mol. The topological polar surface area (TPSA) is 30.8 Å². The Morgan fingerprint density at radius 2 is 1.82 bits per heavy atom. The van der Waals surface area contributed by atoms with Gasteiger partial charge in [0.2, 0.25) is 0 Å². The van der Waals surface area contributed by atoms with E-state index in [-0.39, 0.29) is 17.9 Å². The van der Waals surface area contributed by atoms with Crippen molar-refractivity contribution in [2.24, 2.45) is 5.16 Å². The molecule has 2 aromatic rings. The molecule has 0 aliphatic rings. The Labute approximate surface area is 123 Å². The average Bonchev–Trinajstić information content (AvgIpc) is 2.44. The van der Waals surface area contributed by atoms with E-state index in [0.717, 1.165) is 0 Å². The zero-order chi connectivity index (χ0) is 16.0. The molecule has 7 heteroatoms. The summed E-state index contributed by atoms with van der Waals surface area (Å²) in [6.07, 6.45) is -3.52. The van der Waals surface area contributed by atoms with Gasteiger partial charge in [-0.25, -0.2) is 4.39 Å². The zero-order valence-corrected chi connectivity index (χ0v) is 11.2. The SMILES string of the molecule is Fc1cccc(C=NOCc2ccccc2OC(F)(F)F)c1. The van der Waals surface area contributed by atoms with Gasteiger partial charge in [0.25, 0.3) is 0 Å². The molecule has 0 saturated heterocycles. The van der Waals surface area contributed by atoms with Crippen molar-refractivity contribution in [1.82, 2.24) is 0 Å². The third-order valence-corrected chi connectivity index (χ3v) is 2.54. The van der Waals surface area contributed by atoms with Crippen LogP contribution in [0, 0.1) is 5.82 Å². The smallest absolute Gasteiger partial charge is 0.405 e. The van der Waals surface area contributed by atoms with E-state index in [2.05, 4.69) is 9.89 Å². The molecule has 0 radical (unpaired) electrons. The van der Waals surface area contributed by atoms with Gasteiger partial charge in [-0.05, 0) is 23.8 Å². The number of para-hydroxylation sites is 1. The number of nitrogens with zero attached hydrogens (tertiary/aromatic N) is 1. The highest BCUT2D eigenvalue weighted by Crippen LogP contribution is 2.26. The molecular weight excluding hydrogens is 302 g/mol. The van der Waals surface area contributed by atoms with Crippen molar-refractivity contribution in [1.29, 1.82) is 0 Å². The molecule has 0 heterocycles. The van der Waals surface area contributed by atoms with Crippen LogP contribution < -0.4 is 4.74 Å². The summed E-state index contributed by atoms with van der Waals surface area (Å²) in [7, 11) is 0. The Balaban J connectivity index is 1.97. The molecule has 3 nitrogen and oxygen atoms in total. The van der Waals surface area contributed by atoms with Crippen molar-refractivity contribution in [2.45, 2.75) is 13.0 Å². The van der Waals surface area contributed by atoms with Crippen LogP contribution in [-0.4, -0.2) is 12.6 Å². The largest absolute Gasteiger partial charge is 0.573 e. The van der Waals surface area contributed by atoms with E-state index >= 15 is 0 Å². The molecule has 0 saturated carbocycles. The number of hydrogen-bond acceptors (Lipinski definition) is 3. The first-order chi connectivity index (χ1) is 10.4. The number of halogens is 4. The minimum Gasteiger partial charge on any atom is -0.405 e. The van der Waals surface area contributed by atoms with E-state index in [0.29, 0.717) is 5.56 Å². The molecule has 0 fully saturated rings. The zero-order valence-electron chi connectivity index (χ0n) is 11.2. The summed E-state index contributed by atoms with van der Waals surface area (Å²) in [4.78, 5) is 4.92. The van der Waals surface area contributed by atoms with Gasteiger partial charge in [-0.2, -0.15) is 0 Å². The summed E-state index contributed by atoms with van der Waals surface area (Å²) in [6, 6.07) is 11.2. The summed E-state index contributed by atoms with van der Waals surface area (Å²) < 4.78 is 53.5. The Hall–Kier alpha value is -2.57. The second-order valence-corrected chi connectivity index (χ2v) is 4.22. The van der Waals surface area contributed by atoms with Gasteiger partial charge in [0, 0.05) is 5.56 Å². The molecule has 0 aliphatic heterocycles. The normalized spacial score (nSPS) is 11.6. The highest BCUT2D eigenvalue weighted by molar-refractivity contribution is 5.78. The lowest BCUT2D eigenvalue weighted by Crippen LogP contribution is -2.18. The Morgan fingerprint density at radius 1 is 1.05 bits per heavy atom. The number of benzene rings is 2. The summed E-state index contributed by atoms with van der Waals surface area (Å²) in [5, 5.41) is 3.59. The number of rotatable bonds is 5. The molecule has 0 unspecified atom stereocenters. The highest BCUT2D eigenvalue weighted by Gasteiger charge is 2.32. The van der Waals surface area contributed by atoms with Crippen LogP contribution in [0.15, 0.2) is 53.7 Å². The summed E-state index contributed by atoms with van der Waals surface area (Å²) >= 11 is 0. The van der Waals surface area contributed by atoms with Gasteiger partial charge in [-0.1, -0.05) is 35.5 Å². The minimum atomic E-state index is -4.78. The van der Waals surface area contributed by atoms with Crippen molar-refractivity contribution in [3.8, 4) is 5.75 Å². The maximum absolute atomic E-state index is 12.9. The van der Waals surface area contributed by atoms with Gasteiger partial charge in [0.15, 0.2) is 0 Å². The average molecular weight is 313 g/mol. The number of ether oxygens (including phenoxy) is 1. The van der Waals surface area contributed by atoms with Crippen molar-refractivity contribution in [2.75, 3.05) is 0 Å². The van der Waals surface area contributed by atoms with Crippen LogP contribution in [0.3, 0.4) is 0 Å².